The van der Waals surface area contributed by atoms with E-state index in [1.54, 1.807) is 0 Å². The van der Waals surface area contributed by atoms with Crippen molar-refractivity contribution >= 4 is 14.3 Å². The molecule has 4 nitrogen and oxygen atoms in total. The number of carbonyl (C=O) groups excluding carboxylic acids is 1. The Balaban J connectivity index is 2.62. The Labute approximate surface area is 172 Å². The first-order valence-electron chi connectivity index (χ1n) is 10.9. The molecule has 0 radical (unpaired) electrons. The summed E-state index contributed by atoms with van der Waals surface area (Å²) in [5, 5.41) is -0.646. The number of carbonyl (C=O) groups is 1. The molecule has 0 aromatic heterocycles. The molecule has 2 unspecified atom stereocenters. The van der Waals surface area contributed by atoms with E-state index < -0.39 is 13.8 Å². The first kappa shape index (κ1) is 23.3. The van der Waals surface area contributed by atoms with E-state index in [1.807, 2.05) is 34.6 Å². The normalized spacial score (nSPS) is 24.3. The summed E-state index contributed by atoms with van der Waals surface area (Å²) in [5.74, 6) is -0.0302. The van der Waals surface area contributed by atoms with Crippen LogP contribution in [0.15, 0.2) is 12.1 Å². The summed E-state index contributed by atoms with van der Waals surface area (Å²) in [7, 11) is -2.73. The fourth-order valence-electron chi connectivity index (χ4n) is 5.32. The van der Waals surface area contributed by atoms with Crippen LogP contribution in [0.3, 0.4) is 0 Å². The van der Waals surface area contributed by atoms with Gasteiger partial charge in [-0.2, -0.15) is 0 Å². The van der Waals surface area contributed by atoms with Crippen LogP contribution in [0, 0.1) is 26.7 Å². The van der Waals surface area contributed by atoms with E-state index in [-0.39, 0.29) is 11.7 Å². The van der Waals surface area contributed by atoms with Crippen LogP contribution in [0.5, 0.6) is 0 Å². The molecule has 1 aromatic carbocycles. The van der Waals surface area contributed by atoms with E-state index in [0.29, 0.717) is 19.8 Å². The van der Waals surface area contributed by atoms with Gasteiger partial charge in [-0.1, -0.05) is 31.0 Å². The lowest BCUT2D eigenvalue weighted by Gasteiger charge is -2.52. The van der Waals surface area contributed by atoms with Gasteiger partial charge in [-0.05, 0) is 71.6 Å². The molecule has 2 atom stereocenters. The van der Waals surface area contributed by atoms with E-state index in [4.69, 9.17) is 13.6 Å². The molecular formula is C23H38O4Si. The smallest absolute Gasteiger partial charge is 0.372 e. The molecule has 0 N–H and O–H groups in total. The SMILES string of the molecule is CCOC1(CC)C(C(=O)c2c(C)cc(C)cc2C)CCC[Si]1(OCC)OCC. The topological polar surface area (TPSA) is 44.8 Å². The highest BCUT2D eigenvalue weighted by Gasteiger charge is 2.65. The van der Waals surface area contributed by atoms with Gasteiger partial charge in [0.15, 0.2) is 5.78 Å². The molecule has 0 spiro atoms. The number of aryl methyl sites for hydroxylation is 3. The molecule has 1 aromatic rings. The maximum Gasteiger partial charge on any atom is 0.372 e. The van der Waals surface area contributed by atoms with Gasteiger partial charge in [0.1, 0.15) is 5.22 Å². The van der Waals surface area contributed by atoms with Gasteiger partial charge in [-0.3, -0.25) is 4.79 Å². The molecule has 0 amide bonds. The third kappa shape index (κ3) is 4.00. The van der Waals surface area contributed by atoms with Crippen LogP contribution in [0.1, 0.15) is 74.0 Å². The number of ketones is 1. The zero-order chi connectivity index (χ0) is 20.9. The molecule has 1 saturated heterocycles. The van der Waals surface area contributed by atoms with Crippen LogP contribution in [0.2, 0.25) is 6.04 Å². The molecule has 1 fully saturated rings. The Kier molecular flexibility index (Phi) is 8.03. The van der Waals surface area contributed by atoms with Gasteiger partial charge in [0.2, 0.25) is 0 Å². The maximum absolute atomic E-state index is 13.9. The van der Waals surface area contributed by atoms with Gasteiger partial charge >= 0.3 is 8.56 Å². The third-order valence-corrected chi connectivity index (χ3v) is 10.8. The quantitative estimate of drug-likeness (QED) is 0.404. The highest BCUT2D eigenvalue weighted by molar-refractivity contribution is 6.71. The molecule has 1 heterocycles. The second kappa shape index (κ2) is 9.66. The molecule has 5 heteroatoms. The van der Waals surface area contributed by atoms with Crippen molar-refractivity contribution in [2.45, 2.75) is 79.0 Å². The van der Waals surface area contributed by atoms with E-state index in [9.17, 15) is 4.79 Å². The minimum Gasteiger partial charge on any atom is -0.393 e. The van der Waals surface area contributed by atoms with Gasteiger partial charge < -0.3 is 13.6 Å². The summed E-state index contributed by atoms with van der Waals surface area (Å²) in [5.41, 5.74) is 4.14. The number of Topliss-reactive ketones (excluding diaryl/α,β-unsaturated/α-hetero) is 1. The van der Waals surface area contributed by atoms with Crippen LogP contribution in [0.25, 0.3) is 0 Å². The summed E-state index contributed by atoms with van der Waals surface area (Å²) in [6, 6.07) is 5.10. The van der Waals surface area contributed by atoms with Crippen molar-refractivity contribution in [3.05, 3.63) is 34.4 Å². The van der Waals surface area contributed by atoms with Crippen molar-refractivity contribution in [2.24, 2.45) is 5.92 Å². The van der Waals surface area contributed by atoms with Crippen molar-refractivity contribution in [1.82, 2.24) is 0 Å². The Morgan fingerprint density at radius 3 is 2.07 bits per heavy atom. The van der Waals surface area contributed by atoms with E-state index in [0.717, 1.165) is 42.0 Å². The van der Waals surface area contributed by atoms with Crippen LogP contribution >= 0.6 is 0 Å². The van der Waals surface area contributed by atoms with E-state index in [1.165, 1.54) is 5.56 Å². The average molecular weight is 407 g/mol. The van der Waals surface area contributed by atoms with Gasteiger partial charge in [0.25, 0.3) is 0 Å². The van der Waals surface area contributed by atoms with Gasteiger partial charge in [-0.25, -0.2) is 0 Å². The fourth-order valence-corrected chi connectivity index (χ4v) is 9.91. The molecule has 158 valence electrons. The Morgan fingerprint density at radius 2 is 1.61 bits per heavy atom. The predicted octanol–water partition coefficient (Wildman–Crippen LogP) is 5.44. The number of hydrogen-bond acceptors (Lipinski definition) is 4. The molecule has 2 rings (SSSR count). The highest BCUT2D eigenvalue weighted by Crippen LogP contribution is 2.48. The first-order chi connectivity index (χ1) is 13.3. The number of benzene rings is 1. The predicted molar refractivity (Wildman–Crippen MR) is 116 cm³/mol. The second-order valence-corrected chi connectivity index (χ2v) is 11.3. The van der Waals surface area contributed by atoms with Crippen molar-refractivity contribution in [3.63, 3.8) is 0 Å². The number of hydrogen-bond donors (Lipinski definition) is 0. The lowest BCUT2D eigenvalue weighted by Crippen LogP contribution is -2.70. The van der Waals surface area contributed by atoms with Crippen LogP contribution in [0.4, 0.5) is 0 Å². The molecule has 1 aliphatic heterocycles. The van der Waals surface area contributed by atoms with Crippen LogP contribution in [-0.4, -0.2) is 39.4 Å². The second-order valence-electron chi connectivity index (χ2n) is 7.88. The average Bonchev–Trinajstić information content (AvgIpc) is 2.63. The molecule has 1 aliphatic rings. The Hall–Kier alpha value is -1.01. The van der Waals surface area contributed by atoms with Gasteiger partial charge in [0, 0.05) is 25.4 Å². The number of ether oxygens (including phenoxy) is 1. The Bertz CT molecular complexity index is 653. The maximum atomic E-state index is 13.9. The van der Waals surface area contributed by atoms with Gasteiger partial charge in [0.05, 0.1) is 5.92 Å². The van der Waals surface area contributed by atoms with Crippen molar-refractivity contribution in [1.29, 1.82) is 0 Å². The standard InChI is InChI=1S/C23H38O4Si/c1-8-23(25-9-2)20(13-12-14-28(23,26-10-3)27-11-4)22(24)21-18(6)15-17(5)16-19(21)7/h15-16,20H,8-14H2,1-7H3. The zero-order valence-electron chi connectivity index (χ0n) is 18.8. The largest absolute Gasteiger partial charge is 0.393 e. The van der Waals surface area contributed by atoms with Gasteiger partial charge in [-0.15, -0.1) is 0 Å². The molecule has 0 aliphatic carbocycles. The monoisotopic (exact) mass is 406 g/mol. The summed E-state index contributed by atoms with van der Waals surface area (Å²) >= 11 is 0. The number of rotatable bonds is 9. The first-order valence-corrected chi connectivity index (χ1v) is 12.9. The fraction of sp³-hybridized carbons (Fsp3) is 0.696. The lowest BCUT2D eigenvalue weighted by atomic mass is 9.83. The van der Waals surface area contributed by atoms with Crippen molar-refractivity contribution in [2.75, 3.05) is 19.8 Å². The molecule has 0 saturated carbocycles. The highest BCUT2D eigenvalue weighted by atomic mass is 28.4. The zero-order valence-corrected chi connectivity index (χ0v) is 19.8. The summed E-state index contributed by atoms with van der Waals surface area (Å²) < 4.78 is 19.3. The van der Waals surface area contributed by atoms with Crippen molar-refractivity contribution in [3.8, 4) is 0 Å². The lowest BCUT2D eigenvalue weighted by molar-refractivity contribution is -0.0675. The van der Waals surface area contributed by atoms with Crippen LogP contribution < -0.4 is 0 Å². The molecule has 0 bridgehead atoms. The minimum atomic E-state index is -2.73. The summed E-state index contributed by atoms with van der Waals surface area (Å²) in [6.07, 6.45) is 2.50. The summed E-state index contributed by atoms with van der Waals surface area (Å²) in [6.45, 7) is 16.0. The minimum absolute atomic E-state index is 0.196. The van der Waals surface area contributed by atoms with E-state index >= 15 is 0 Å². The summed E-state index contributed by atoms with van der Waals surface area (Å²) in [4.78, 5) is 13.9. The Morgan fingerprint density at radius 1 is 1.04 bits per heavy atom. The van der Waals surface area contributed by atoms with Crippen LogP contribution in [-0.2, 0) is 13.6 Å². The molecule has 28 heavy (non-hydrogen) atoms. The van der Waals surface area contributed by atoms with E-state index in [2.05, 4.69) is 26.0 Å². The van der Waals surface area contributed by atoms with Crippen molar-refractivity contribution < 1.29 is 18.4 Å². The molecular weight excluding hydrogens is 368 g/mol. The third-order valence-electron chi connectivity index (χ3n) is 6.13.